The molecule has 0 bridgehead atoms. The van der Waals surface area contributed by atoms with Crippen molar-refractivity contribution in [2.24, 2.45) is 0 Å². The molecule has 0 unspecified atom stereocenters. The molecule has 0 amide bonds. The summed E-state index contributed by atoms with van der Waals surface area (Å²) in [6, 6.07) is 76.9. The average Bonchev–Trinajstić information content (AvgIpc) is 3.84. The molecular weight excluding hydrogens is 780 g/mol. The van der Waals surface area contributed by atoms with Crippen molar-refractivity contribution in [2.75, 3.05) is 9.80 Å². The molecule has 4 heterocycles. The van der Waals surface area contributed by atoms with E-state index in [0.29, 0.717) is 0 Å². The minimum atomic E-state index is -1.88. The summed E-state index contributed by atoms with van der Waals surface area (Å²) in [6.07, 6.45) is 0. The van der Waals surface area contributed by atoms with Gasteiger partial charge in [-0.15, -0.1) is 0 Å². The molecule has 63 heavy (non-hydrogen) atoms. The van der Waals surface area contributed by atoms with Gasteiger partial charge in [0.05, 0.1) is 30.1 Å². The third-order valence-corrected chi connectivity index (χ3v) is 15.6. The van der Waals surface area contributed by atoms with E-state index in [-0.39, 0.29) is 6.71 Å². The van der Waals surface area contributed by atoms with Crippen LogP contribution in [0.25, 0.3) is 55.0 Å². The molecule has 9 aromatic carbocycles. The van der Waals surface area contributed by atoms with Crippen LogP contribution in [0.2, 0.25) is 19.6 Å². The largest absolute Gasteiger partial charge is 0.311 e. The van der Waals surface area contributed by atoms with E-state index in [0.717, 1.165) is 22.7 Å². The highest BCUT2D eigenvalue weighted by atomic mass is 28.3. The van der Waals surface area contributed by atoms with E-state index in [2.05, 4.69) is 245 Å². The summed E-state index contributed by atoms with van der Waals surface area (Å²) in [4.78, 5) is 5.12. The highest BCUT2D eigenvalue weighted by Gasteiger charge is 2.44. The van der Waals surface area contributed by atoms with E-state index in [4.69, 9.17) is 0 Å². The fourth-order valence-corrected chi connectivity index (χ4v) is 11.9. The molecule has 13 rings (SSSR count). The van der Waals surface area contributed by atoms with Gasteiger partial charge in [0, 0.05) is 67.0 Å². The predicted octanol–water partition coefficient (Wildman–Crippen LogP) is 12.5. The summed E-state index contributed by atoms with van der Waals surface area (Å²) in [5, 5.41) is 6.49. The molecule has 11 aromatic rings. The van der Waals surface area contributed by atoms with Crippen LogP contribution in [-0.4, -0.2) is 23.9 Å². The van der Waals surface area contributed by atoms with Gasteiger partial charge in [0.1, 0.15) is 0 Å². The second-order valence-corrected chi connectivity index (χ2v) is 23.3. The summed E-state index contributed by atoms with van der Waals surface area (Å²) in [7, 11) is -1.88. The Balaban J connectivity index is 1.13. The molecule has 0 saturated carbocycles. The topological polar surface area (TPSA) is 16.3 Å². The molecular formula is C57H43BN4Si. The SMILES string of the molecule is C[Si](C)(C)c1cc2c3c(c1)N(c1ccccc1)c1cc(-n4c5ccccc5c5ccccc54)ccc1B3c1ccc(-n3c4ccccc4c4ccccc43)cc1N2c1ccccc1. The third-order valence-electron chi connectivity index (χ3n) is 13.6. The first kappa shape index (κ1) is 36.1. The molecule has 0 spiro atoms. The highest BCUT2D eigenvalue weighted by Crippen LogP contribution is 2.45. The number of benzene rings is 9. The first-order valence-corrected chi connectivity index (χ1v) is 25.6. The van der Waals surface area contributed by atoms with Gasteiger partial charge in [-0.1, -0.05) is 146 Å². The Morgan fingerprint density at radius 1 is 0.333 bits per heavy atom. The zero-order valence-electron chi connectivity index (χ0n) is 35.5. The molecule has 2 aliphatic heterocycles. The van der Waals surface area contributed by atoms with E-state index in [1.165, 1.54) is 87.9 Å². The predicted molar refractivity (Wildman–Crippen MR) is 272 cm³/mol. The number of hydrogen-bond donors (Lipinski definition) is 0. The molecule has 0 radical (unpaired) electrons. The number of anilines is 6. The van der Waals surface area contributed by atoms with Gasteiger partial charge in [-0.25, -0.2) is 0 Å². The molecule has 0 fully saturated rings. The number of hydrogen-bond acceptors (Lipinski definition) is 2. The lowest BCUT2D eigenvalue weighted by molar-refractivity contribution is 1.17. The number of aromatic nitrogens is 2. The Labute approximate surface area is 368 Å². The summed E-state index contributed by atoms with van der Waals surface area (Å²) < 4.78 is 4.91. The van der Waals surface area contributed by atoms with Gasteiger partial charge in [-0.3, -0.25) is 0 Å². The lowest BCUT2D eigenvalue weighted by Gasteiger charge is -2.45. The third kappa shape index (κ3) is 5.28. The monoisotopic (exact) mass is 822 g/mol. The van der Waals surface area contributed by atoms with Crippen LogP contribution >= 0.6 is 0 Å². The van der Waals surface area contributed by atoms with Gasteiger partial charge in [0.15, 0.2) is 0 Å². The van der Waals surface area contributed by atoms with Crippen LogP contribution in [0.15, 0.2) is 206 Å². The molecule has 0 atom stereocenters. The summed E-state index contributed by atoms with van der Waals surface area (Å²) in [5.41, 5.74) is 18.4. The van der Waals surface area contributed by atoms with Crippen LogP contribution in [0.5, 0.6) is 0 Å². The normalized spacial score (nSPS) is 13.2. The van der Waals surface area contributed by atoms with Gasteiger partial charge >= 0.3 is 0 Å². The van der Waals surface area contributed by atoms with Gasteiger partial charge in [0.2, 0.25) is 0 Å². The quantitative estimate of drug-likeness (QED) is 0.161. The van der Waals surface area contributed by atoms with Crippen LogP contribution in [-0.2, 0) is 0 Å². The summed E-state index contributed by atoms with van der Waals surface area (Å²) >= 11 is 0. The smallest absolute Gasteiger partial charge is 0.252 e. The van der Waals surface area contributed by atoms with Crippen molar-refractivity contribution in [3.8, 4) is 11.4 Å². The molecule has 2 aromatic heterocycles. The Hall–Kier alpha value is -7.54. The van der Waals surface area contributed by atoms with Crippen molar-refractivity contribution < 1.29 is 0 Å². The van der Waals surface area contributed by atoms with Crippen LogP contribution < -0.4 is 31.4 Å². The first-order valence-electron chi connectivity index (χ1n) is 22.1. The molecule has 4 nitrogen and oxygen atoms in total. The minimum Gasteiger partial charge on any atom is -0.311 e. The number of nitrogens with zero attached hydrogens (tertiary/aromatic N) is 4. The van der Waals surface area contributed by atoms with Gasteiger partial charge in [-0.05, 0) is 101 Å². The molecule has 0 N–H and O–H groups in total. The van der Waals surface area contributed by atoms with E-state index in [1.54, 1.807) is 0 Å². The first-order chi connectivity index (χ1) is 30.9. The second kappa shape index (κ2) is 13.5. The Morgan fingerprint density at radius 3 is 1.05 bits per heavy atom. The Bertz CT molecular complexity index is 3300. The van der Waals surface area contributed by atoms with Crippen LogP contribution in [0, 0.1) is 0 Å². The maximum absolute atomic E-state index is 2.56. The minimum absolute atomic E-state index is 0.00462. The van der Waals surface area contributed by atoms with Gasteiger partial charge in [-0.2, -0.15) is 0 Å². The van der Waals surface area contributed by atoms with E-state index in [9.17, 15) is 0 Å². The zero-order valence-corrected chi connectivity index (χ0v) is 36.5. The molecule has 0 aliphatic carbocycles. The highest BCUT2D eigenvalue weighted by molar-refractivity contribution is 7.00. The van der Waals surface area contributed by atoms with Crippen molar-refractivity contribution in [1.82, 2.24) is 9.13 Å². The second-order valence-electron chi connectivity index (χ2n) is 18.2. The van der Waals surface area contributed by atoms with E-state index < -0.39 is 8.07 Å². The number of rotatable bonds is 5. The van der Waals surface area contributed by atoms with Crippen LogP contribution in [0.4, 0.5) is 34.1 Å². The molecule has 2 aliphatic rings. The average molecular weight is 823 g/mol. The maximum atomic E-state index is 2.56. The van der Waals surface area contributed by atoms with Crippen LogP contribution in [0.1, 0.15) is 0 Å². The van der Waals surface area contributed by atoms with Crippen molar-refractivity contribution >= 4 is 114 Å². The van der Waals surface area contributed by atoms with Crippen molar-refractivity contribution in [1.29, 1.82) is 0 Å². The maximum Gasteiger partial charge on any atom is 0.252 e. The number of fused-ring (bicyclic) bond motifs is 10. The zero-order chi connectivity index (χ0) is 42.0. The van der Waals surface area contributed by atoms with Crippen molar-refractivity contribution in [3.63, 3.8) is 0 Å². The lowest BCUT2D eigenvalue weighted by atomic mass is 9.33. The standard InChI is InChI=1S/C57H43BN4Si/c1-63(2,3)42-36-55-57-56(37-42)60(39-20-8-5-9-21-39)54-35-41(62-51-28-16-12-24-45(51)46-25-13-17-29-52(46)62)31-33-48(54)58(57)47-32-30-40(34-53(47)59(55)38-18-6-4-7-19-38)61-49-26-14-10-22-43(49)44-23-11-15-27-50(44)61/h4-37H,1-3H3. The molecule has 0 saturated heterocycles. The molecule has 298 valence electrons. The summed E-state index contributed by atoms with van der Waals surface area (Å²) in [6.45, 7) is 7.43. The van der Waals surface area contributed by atoms with Crippen molar-refractivity contribution in [3.05, 3.63) is 206 Å². The Kier molecular flexibility index (Phi) is 7.73. The van der Waals surface area contributed by atoms with Gasteiger partial charge in [0.25, 0.3) is 6.71 Å². The lowest BCUT2D eigenvalue weighted by Crippen LogP contribution is -2.62. The fourth-order valence-electron chi connectivity index (χ4n) is 10.8. The van der Waals surface area contributed by atoms with Crippen molar-refractivity contribution in [2.45, 2.75) is 19.6 Å². The number of para-hydroxylation sites is 6. The van der Waals surface area contributed by atoms with E-state index in [1.807, 2.05) is 0 Å². The van der Waals surface area contributed by atoms with Crippen LogP contribution in [0.3, 0.4) is 0 Å². The fraction of sp³-hybridized carbons (Fsp3) is 0.0526. The van der Waals surface area contributed by atoms with E-state index >= 15 is 0 Å². The van der Waals surface area contributed by atoms with Gasteiger partial charge < -0.3 is 18.9 Å². The summed E-state index contributed by atoms with van der Waals surface area (Å²) in [5.74, 6) is 0. The Morgan fingerprint density at radius 2 is 0.683 bits per heavy atom. The molecule has 6 heteroatoms.